The molecule has 0 aliphatic carbocycles. The monoisotopic (exact) mass is 280 g/mol. The zero-order chi connectivity index (χ0) is 14.7. The number of hydrogen-bond acceptors (Lipinski definition) is 6. The van der Waals surface area contributed by atoms with Gasteiger partial charge in [0, 0.05) is 12.4 Å². The number of nitrogens with zero attached hydrogens (tertiary/aromatic N) is 4. The van der Waals surface area contributed by atoms with Gasteiger partial charge in [0.2, 0.25) is 0 Å². The second-order valence-electron chi connectivity index (χ2n) is 4.41. The van der Waals surface area contributed by atoms with Crippen molar-refractivity contribution in [3.63, 3.8) is 0 Å². The predicted octanol–water partition coefficient (Wildman–Crippen LogP) is 2.09. The molecule has 0 atom stereocenters. The number of aromatic nitrogens is 4. The van der Waals surface area contributed by atoms with Crippen molar-refractivity contribution in [1.29, 1.82) is 0 Å². The Hall–Kier alpha value is -2.89. The maximum absolute atomic E-state index is 11.8. The number of carbonyl (C=O) groups is 1. The van der Waals surface area contributed by atoms with Crippen molar-refractivity contribution >= 4 is 17.0 Å². The molecule has 0 saturated carbocycles. The fourth-order valence-corrected chi connectivity index (χ4v) is 1.87. The summed E-state index contributed by atoms with van der Waals surface area (Å²) in [5, 5.41) is 0. The van der Waals surface area contributed by atoms with E-state index in [0.717, 1.165) is 16.7 Å². The smallest absolute Gasteiger partial charge is 0.358 e. The Morgan fingerprint density at radius 3 is 2.62 bits per heavy atom. The van der Waals surface area contributed by atoms with Crippen LogP contribution in [0.5, 0.6) is 0 Å². The summed E-state index contributed by atoms with van der Waals surface area (Å²) < 4.78 is 5.20. The number of ether oxygens (including phenoxy) is 1. The zero-order valence-corrected chi connectivity index (χ0v) is 11.4. The Balaban J connectivity index is 1.79. The molecule has 0 fully saturated rings. The third-order valence-corrected chi connectivity index (χ3v) is 2.96. The van der Waals surface area contributed by atoms with Crippen molar-refractivity contribution in [1.82, 2.24) is 19.9 Å². The highest BCUT2D eigenvalue weighted by atomic mass is 16.5. The third kappa shape index (κ3) is 2.84. The average Bonchev–Trinajstić information content (AvgIpc) is 2.53. The van der Waals surface area contributed by atoms with Gasteiger partial charge in [0.05, 0.1) is 28.6 Å². The number of fused-ring (bicyclic) bond motifs is 1. The molecule has 0 aliphatic heterocycles. The van der Waals surface area contributed by atoms with Gasteiger partial charge in [0.25, 0.3) is 0 Å². The first-order valence-corrected chi connectivity index (χ1v) is 6.39. The molecule has 104 valence electrons. The summed E-state index contributed by atoms with van der Waals surface area (Å²) in [6.07, 6.45) is 4.30. The quantitative estimate of drug-likeness (QED) is 0.683. The van der Waals surface area contributed by atoms with Crippen LogP contribution in [0, 0.1) is 6.92 Å². The molecule has 0 aliphatic rings. The normalized spacial score (nSPS) is 10.5. The van der Waals surface area contributed by atoms with Crippen LogP contribution in [0.4, 0.5) is 0 Å². The van der Waals surface area contributed by atoms with Gasteiger partial charge < -0.3 is 4.74 Å². The summed E-state index contributed by atoms with van der Waals surface area (Å²) in [5.74, 6) is -0.530. The molecule has 0 unspecified atom stereocenters. The van der Waals surface area contributed by atoms with E-state index in [9.17, 15) is 4.79 Å². The summed E-state index contributed by atoms with van der Waals surface area (Å²) in [5.41, 5.74) is 3.13. The number of para-hydroxylation sites is 2. The van der Waals surface area contributed by atoms with Crippen molar-refractivity contribution in [3.8, 4) is 0 Å². The molecule has 0 amide bonds. The molecule has 6 heteroatoms. The number of aryl methyl sites for hydroxylation is 1. The van der Waals surface area contributed by atoms with Gasteiger partial charge in [0.1, 0.15) is 6.61 Å². The number of carbonyl (C=O) groups excluding carboxylic acids is 1. The van der Waals surface area contributed by atoms with Crippen LogP contribution in [0.1, 0.15) is 21.9 Å². The van der Waals surface area contributed by atoms with Crippen LogP contribution in [0.2, 0.25) is 0 Å². The highest BCUT2D eigenvalue weighted by Gasteiger charge is 2.11. The van der Waals surface area contributed by atoms with Gasteiger partial charge in [-0.15, -0.1) is 0 Å². The highest BCUT2D eigenvalue weighted by Crippen LogP contribution is 2.13. The van der Waals surface area contributed by atoms with Crippen molar-refractivity contribution in [2.45, 2.75) is 13.5 Å². The van der Waals surface area contributed by atoms with Crippen LogP contribution in [0.25, 0.3) is 11.0 Å². The van der Waals surface area contributed by atoms with Crippen molar-refractivity contribution in [2.24, 2.45) is 0 Å². The van der Waals surface area contributed by atoms with Gasteiger partial charge in [-0.25, -0.2) is 19.7 Å². The van der Waals surface area contributed by atoms with E-state index in [0.29, 0.717) is 5.69 Å². The molecule has 2 aromatic heterocycles. The van der Waals surface area contributed by atoms with Crippen molar-refractivity contribution in [3.05, 3.63) is 59.9 Å². The summed E-state index contributed by atoms with van der Waals surface area (Å²) in [4.78, 5) is 28.4. The van der Waals surface area contributed by atoms with E-state index in [2.05, 4.69) is 19.9 Å². The number of rotatable bonds is 3. The summed E-state index contributed by atoms with van der Waals surface area (Å²) in [7, 11) is 0. The number of esters is 1. The maximum Gasteiger partial charge on any atom is 0.358 e. The maximum atomic E-state index is 11.8. The minimum Gasteiger partial charge on any atom is -0.454 e. The Morgan fingerprint density at radius 1 is 1.14 bits per heavy atom. The van der Waals surface area contributed by atoms with Gasteiger partial charge in [-0.05, 0) is 19.1 Å². The molecule has 0 N–H and O–H groups in total. The number of benzene rings is 1. The summed E-state index contributed by atoms with van der Waals surface area (Å²) in [6, 6.07) is 7.56. The van der Waals surface area contributed by atoms with Crippen LogP contribution in [0.3, 0.4) is 0 Å². The standard InChI is InChI=1S/C15H12N4O2/c1-10-14(19-12-5-3-2-4-11(12)18-10)9-21-15(20)13-8-16-6-7-17-13/h2-8H,9H2,1H3. The van der Waals surface area contributed by atoms with Gasteiger partial charge >= 0.3 is 5.97 Å². The van der Waals surface area contributed by atoms with Gasteiger partial charge in [-0.2, -0.15) is 0 Å². The fourth-order valence-electron chi connectivity index (χ4n) is 1.87. The molecular formula is C15H12N4O2. The van der Waals surface area contributed by atoms with E-state index in [4.69, 9.17) is 4.74 Å². The predicted molar refractivity (Wildman–Crippen MR) is 75.4 cm³/mol. The molecule has 21 heavy (non-hydrogen) atoms. The first kappa shape index (κ1) is 13.1. The molecule has 0 saturated heterocycles. The molecule has 1 aromatic carbocycles. The Kier molecular flexibility index (Phi) is 3.51. The van der Waals surface area contributed by atoms with Gasteiger partial charge in [-0.1, -0.05) is 12.1 Å². The largest absolute Gasteiger partial charge is 0.454 e. The lowest BCUT2D eigenvalue weighted by atomic mass is 10.2. The summed E-state index contributed by atoms with van der Waals surface area (Å²) in [6.45, 7) is 1.89. The van der Waals surface area contributed by atoms with Crippen LogP contribution in [-0.2, 0) is 11.3 Å². The van der Waals surface area contributed by atoms with E-state index in [1.807, 2.05) is 31.2 Å². The second kappa shape index (κ2) is 5.62. The lowest BCUT2D eigenvalue weighted by Crippen LogP contribution is -2.09. The Morgan fingerprint density at radius 2 is 1.90 bits per heavy atom. The summed E-state index contributed by atoms with van der Waals surface area (Å²) >= 11 is 0. The van der Waals surface area contributed by atoms with Crippen molar-refractivity contribution < 1.29 is 9.53 Å². The van der Waals surface area contributed by atoms with Crippen LogP contribution in [0.15, 0.2) is 42.9 Å². The molecule has 3 aromatic rings. The van der Waals surface area contributed by atoms with Crippen LogP contribution < -0.4 is 0 Å². The van der Waals surface area contributed by atoms with E-state index in [1.54, 1.807) is 0 Å². The highest BCUT2D eigenvalue weighted by molar-refractivity contribution is 5.86. The SMILES string of the molecule is Cc1nc2ccccc2nc1COC(=O)c1cnccn1. The Bertz CT molecular complexity index is 790. The molecule has 0 radical (unpaired) electrons. The third-order valence-electron chi connectivity index (χ3n) is 2.96. The molecule has 0 spiro atoms. The lowest BCUT2D eigenvalue weighted by Gasteiger charge is -2.07. The first-order chi connectivity index (χ1) is 10.2. The fraction of sp³-hybridized carbons (Fsp3) is 0.133. The van der Waals surface area contributed by atoms with Crippen LogP contribution in [-0.4, -0.2) is 25.9 Å². The topological polar surface area (TPSA) is 77.9 Å². The zero-order valence-electron chi connectivity index (χ0n) is 11.4. The minimum atomic E-state index is -0.530. The van der Waals surface area contributed by atoms with Crippen LogP contribution >= 0.6 is 0 Å². The van der Waals surface area contributed by atoms with Gasteiger partial charge in [-0.3, -0.25) is 4.98 Å². The van der Waals surface area contributed by atoms with E-state index >= 15 is 0 Å². The first-order valence-electron chi connectivity index (χ1n) is 6.39. The van der Waals surface area contributed by atoms with Gasteiger partial charge in [0.15, 0.2) is 5.69 Å². The minimum absolute atomic E-state index is 0.0546. The lowest BCUT2D eigenvalue weighted by molar-refractivity contribution is 0.0459. The average molecular weight is 280 g/mol. The second-order valence-corrected chi connectivity index (χ2v) is 4.41. The molecule has 3 rings (SSSR count). The molecule has 2 heterocycles. The Labute approximate surface area is 120 Å². The van der Waals surface area contributed by atoms with Crippen molar-refractivity contribution in [2.75, 3.05) is 0 Å². The van der Waals surface area contributed by atoms with E-state index < -0.39 is 5.97 Å². The van der Waals surface area contributed by atoms with E-state index in [-0.39, 0.29) is 12.3 Å². The molecule has 0 bridgehead atoms. The van der Waals surface area contributed by atoms with E-state index in [1.165, 1.54) is 18.6 Å². The molecule has 6 nitrogen and oxygen atoms in total. The molecular weight excluding hydrogens is 268 g/mol. The number of hydrogen-bond donors (Lipinski definition) is 0.